The first-order chi connectivity index (χ1) is 15.5. The molecule has 1 amide bonds. The van der Waals surface area contributed by atoms with Crippen LogP contribution in [-0.4, -0.2) is 63.1 Å². The Morgan fingerprint density at radius 1 is 1.28 bits per heavy atom. The van der Waals surface area contributed by atoms with Crippen LogP contribution in [0.25, 0.3) is 0 Å². The van der Waals surface area contributed by atoms with Gasteiger partial charge in [-0.15, -0.1) is 0 Å². The van der Waals surface area contributed by atoms with E-state index in [2.05, 4.69) is 21.2 Å². The molecule has 0 bridgehead atoms. The van der Waals surface area contributed by atoms with Gasteiger partial charge in [-0.2, -0.15) is 4.31 Å². The van der Waals surface area contributed by atoms with E-state index in [1.807, 2.05) is 18.2 Å². The number of carbonyl (C=O) groups excluding carboxylic acids is 1. The van der Waals surface area contributed by atoms with Gasteiger partial charge in [0.25, 0.3) is 0 Å². The highest BCUT2D eigenvalue weighted by Crippen LogP contribution is 2.32. The lowest BCUT2D eigenvalue weighted by molar-refractivity contribution is -0.123. The Bertz CT molecular complexity index is 1040. The van der Waals surface area contributed by atoms with Gasteiger partial charge >= 0.3 is 0 Å². The average molecular weight is 462 g/mol. The molecule has 2 aromatic rings. The van der Waals surface area contributed by atoms with Crippen molar-refractivity contribution < 1.29 is 22.7 Å². The van der Waals surface area contributed by atoms with Gasteiger partial charge in [0.15, 0.2) is 0 Å². The lowest BCUT2D eigenvalue weighted by Crippen LogP contribution is -2.42. The third kappa shape index (κ3) is 4.92. The number of methoxy groups -OCH3 is 1. The number of ether oxygens (including phenoxy) is 2. The zero-order valence-electron chi connectivity index (χ0n) is 17.8. The van der Waals surface area contributed by atoms with Crippen molar-refractivity contribution in [3.8, 4) is 5.75 Å². The van der Waals surface area contributed by atoms with Crippen molar-refractivity contribution in [3.05, 3.63) is 53.9 Å². The standard InChI is InChI=1S/C21H27N5O5S/c1-30-19-5-4-16(11-20(19)32(28,29)26-7-9-31-10-8-26)17-12-18(25-24-17)21(27)23-14-15-3-2-6-22-13-15/h2-6,11,13,17-18,24-25H,7-10,12,14H2,1H3,(H,23,27). The lowest BCUT2D eigenvalue weighted by atomic mass is 10.0. The van der Waals surface area contributed by atoms with Crippen LogP contribution in [0.1, 0.15) is 23.6 Å². The van der Waals surface area contributed by atoms with E-state index >= 15 is 0 Å². The van der Waals surface area contributed by atoms with Crippen LogP contribution < -0.4 is 20.9 Å². The van der Waals surface area contributed by atoms with Crippen molar-refractivity contribution in [1.29, 1.82) is 0 Å². The number of nitrogens with one attached hydrogen (secondary N) is 3. The van der Waals surface area contributed by atoms with Gasteiger partial charge in [-0.1, -0.05) is 12.1 Å². The predicted molar refractivity (Wildman–Crippen MR) is 116 cm³/mol. The van der Waals surface area contributed by atoms with Crippen LogP contribution >= 0.6 is 0 Å². The number of hydrogen-bond donors (Lipinski definition) is 3. The number of sulfonamides is 1. The molecule has 11 heteroatoms. The average Bonchev–Trinajstić information content (AvgIpc) is 3.34. The second-order valence-electron chi connectivity index (χ2n) is 7.64. The van der Waals surface area contributed by atoms with Gasteiger partial charge < -0.3 is 14.8 Å². The van der Waals surface area contributed by atoms with E-state index in [-0.39, 0.29) is 22.6 Å². The van der Waals surface area contributed by atoms with E-state index in [0.717, 1.165) is 11.1 Å². The Balaban J connectivity index is 1.46. The minimum absolute atomic E-state index is 0.116. The van der Waals surface area contributed by atoms with E-state index in [0.29, 0.717) is 39.3 Å². The van der Waals surface area contributed by atoms with E-state index in [1.165, 1.54) is 11.4 Å². The molecule has 2 saturated heterocycles. The number of carbonyl (C=O) groups is 1. The first-order valence-corrected chi connectivity index (χ1v) is 11.9. The molecule has 4 rings (SSSR count). The molecule has 0 radical (unpaired) electrons. The SMILES string of the molecule is COc1ccc(C2CC(C(=O)NCc3cccnc3)NN2)cc1S(=O)(=O)N1CCOCC1. The smallest absolute Gasteiger partial charge is 0.246 e. The molecule has 2 atom stereocenters. The molecule has 2 aliphatic rings. The normalized spacial score (nSPS) is 21.9. The van der Waals surface area contributed by atoms with Crippen molar-refractivity contribution in [3.63, 3.8) is 0 Å². The topological polar surface area (TPSA) is 122 Å². The fourth-order valence-corrected chi connectivity index (χ4v) is 5.40. The molecule has 0 aliphatic carbocycles. The maximum Gasteiger partial charge on any atom is 0.246 e. The number of benzene rings is 1. The molecule has 2 fully saturated rings. The van der Waals surface area contributed by atoms with Crippen LogP contribution in [0.3, 0.4) is 0 Å². The van der Waals surface area contributed by atoms with Crippen LogP contribution in [0.2, 0.25) is 0 Å². The molecule has 2 aliphatic heterocycles. The highest BCUT2D eigenvalue weighted by molar-refractivity contribution is 7.89. The van der Waals surface area contributed by atoms with Crippen LogP contribution in [0.15, 0.2) is 47.6 Å². The predicted octanol–water partition coefficient (Wildman–Crippen LogP) is 0.335. The summed E-state index contributed by atoms with van der Waals surface area (Å²) in [6, 6.07) is 8.13. The fourth-order valence-electron chi connectivity index (χ4n) is 3.80. The number of rotatable bonds is 7. The van der Waals surface area contributed by atoms with Gasteiger partial charge in [0, 0.05) is 38.1 Å². The molecule has 10 nitrogen and oxygen atoms in total. The minimum atomic E-state index is -3.73. The van der Waals surface area contributed by atoms with E-state index < -0.39 is 16.1 Å². The maximum absolute atomic E-state index is 13.2. The monoisotopic (exact) mass is 461 g/mol. The zero-order chi connectivity index (χ0) is 22.6. The fraction of sp³-hybridized carbons (Fsp3) is 0.429. The minimum Gasteiger partial charge on any atom is -0.495 e. The summed E-state index contributed by atoms with van der Waals surface area (Å²) in [6.07, 6.45) is 3.86. The van der Waals surface area contributed by atoms with Crippen molar-refractivity contribution in [2.75, 3.05) is 33.4 Å². The molecule has 1 aromatic heterocycles. The van der Waals surface area contributed by atoms with Crippen LogP contribution in [0.5, 0.6) is 5.75 Å². The molecule has 172 valence electrons. The number of amides is 1. The molecule has 1 aromatic carbocycles. The van der Waals surface area contributed by atoms with Gasteiger partial charge in [-0.05, 0) is 35.7 Å². The quantitative estimate of drug-likeness (QED) is 0.540. The first kappa shape index (κ1) is 22.6. The van der Waals surface area contributed by atoms with Crippen LogP contribution in [0, 0.1) is 0 Å². The largest absolute Gasteiger partial charge is 0.495 e. The highest BCUT2D eigenvalue weighted by Gasteiger charge is 2.33. The number of hydrazine groups is 1. The van der Waals surface area contributed by atoms with Gasteiger partial charge in [0.1, 0.15) is 16.7 Å². The molecule has 32 heavy (non-hydrogen) atoms. The van der Waals surface area contributed by atoms with Crippen molar-refractivity contribution in [2.24, 2.45) is 0 Å². The van der Waals surface area contributed by atoms with Gasteiger partial charge in [-0.25, -0.2) is 19.3 Å². The maximum atomic E-state index is 13.2. The van der Waals surface area contributed by atoms with Crippen LogP contribution in [-0.2, 0) is 26.1 Å². The van der Waals surface area contributed by atoms with Crippen molar-refractivity contribution in [2.45, 2.75) is 29.9 Å². The lowest BCUT2D eigenvalue weighted by Gasteiger charge is -2.27. The summed E-state index contributed by atoms with van der Waals surface area (Å²) in [5, 5.41) is 2.89. The third-order valence-electron chi connectivity index (χ3n) is 5.59. The van der Waals surface area contributed by atoms with Gasteiger partial charge in [0.05, 0.1) is 20.3 Å². The summed E-state index contributed by atoms with van der Waals surface area (Å²) >= 11 is 0. The molecule has 0 spiro atoms. The summed E-state index contributed by atoms with van der Waals surface area (Å²) in [5.41, 5.74) is 7.78. The zero-order valence-corrected chi connectivity index (χ0v) is 18.6. The Kier molecular flexibility index (Phi) is 7.01. The molecular weight excluding hydrogens is 434 g/mol. The van der Waals surface area contributed by atoms with E-state index in [4.69, 9.17) is 9.47 Å². The Morgan fingerprint density at radius 3 is 2.81 bits per heavy atom. The first-order valence-electron chi connectivity index (χ1n) is 10.4. The van der Waals surface area contributed by atoms with Crippen molar-refractivity contribution in [1.82, 2.24) is 25.5 Å². The number of aromatic nitrogens is 1. The Hall–Kier alpha value is -2.57. The third-order valence-corrected chi connectivity index (χ3v) is 7.51. The summed E-state index contributed by atoms with van der Waals surface area (Å²) in [5.74, 6) is 0.149. The summed E-state index contributed by atoms with van der Waals surface area (Å²) in [4.78, 5) is 16.7. The molecule has 3 heterocycles. The highest BCUT2D eigenvalue weighted by atomic mass is 32.2. The number of pyridine rings is 1. The molecule has 0 saturated carbocycles. The summed E-state index contributed by atoms with van der Waals surface area (Å²) in [7, 11) is -2.28. The molecular formula is C21H27N5O5S. The van der Waals surface area contributed by atoms with E-state index in [9.17, 15) is 13.2 Å². The van der Waals surface area contributed by atoms with Crippen molar-refractivity contribution >= 4 is 15.9 Å². The van der Waals surface area contributed by atoms with Gasteiger partial charge in [0.2, 0.25) is 15.9 Å². The Morgan fingerprint density at radius 2 is 2.09 bits per heavy atom. The summed E-state index contributed by atoms with van der Waals surface area (Å²) < 4.78 is 38.4. The molecule has 2 unspecified atom stereocenters. The molecule has 3 N–H and O–H groups in total. The van der Waals surface area contributed by atoms with Crippen LogP contribution in [0.4, 0.5) is 0 Å². The second-order valence-corrected chi connectivity index (χ2v) is 9.54. The Labute approximate surface area is 187 Å². The number of hydrogen-bond acceptors (Lipinski definition) is 8. The van der Waals surface area contributed by atoms with E-state index in [1.54, 1.807) is 24.5 Å². The second kappa shape index (κ2) is 9.92. The number of nitrogens with zero attached hydrogens (tertiary/aromatic N) is 2. The number of morpholine rings is 1. The summed E-state index contributed by atoms with van der Waals surface area (Å²) in [6.45, 7) is 1.73. The van der Waals surface area contributed by atoms with Gasteiger partial charge in [-0.3, -0.25) is 9.78 Å².